The number of amides is 1. The van der Waals surface area contributed by atoms with Crippen LogP contribution in [0.2, 0.25) is 5.02 Å². The summed E-state index contributed by atoms with van der Waals surface area (Å²) in [6, 6.07) is 7.51. The van der Waals surface area contributed by atoms with E-state index in [1.807, 2.05) is 13.8 Å². The van der Waals surface area contributed by atoms with Gasteiger partial charge in [0.2, 0.25) is 5.95 Å². The third-order valence-electron chi connectivity index (χ3n) is 3.55. The van der Waals surface area contributed by atoms with Crippen molar-refractivity contribution in [2.24, 2.45) is 0 Å². The first-order valence-corrected chi connectivity index (χ1v) is 8.07. The zero-order valence-electron chi connectivity index (χ0n) is 13.9. The fourth-order valence-electron chi connectivity index (χ4n) is 2.30. The summed E-state index contributed by atoms with van der Waals surface area (Å²) in [6.45, 7) is 3.83. The van der Waals surface area contributed by atoms with Gasteiger partial charge in [-0.1, -0.05) is 43.6 Å². The lowest BCUT2D eigenvalue weighted by Crippen LogP contribution is -2.31. The Balaban J connectivity index is 2.31. The molecule has 1 aromatic heterocycles. The Morgan fingerprint density at radius 2 is 1.96 bits per heavy atom. The van der Waals surface area contributed by atoms with Crippen molar-refractivity contribution in [1.29, 1.82) is 0 Å². The smallest absolute Gasteiger partial charge is 0.305 e. The molecule has 2 aromatic rings. The minimum absolute atomic E-state index is 0.0103. The quantitative estimate of drug-likeness (QED) is 0.727. The van der Waals surface area contributed by atoms with Gasteiger partial charge < -0.3 is 16.2 Å². The van der Waals surface area contributed by atoms with Crippen molar-refractivity contribution >= 4 is 29.4 Å². The molecule has 0 fully saturated rings. The molecule has 4 N–H and O–H groups in total. The maximum Gasteiger partial charge on any atom is 0.305 e. The molecule has 1 amide bonds. The molecule has 8 heteroatoms. The minimum atomic E-state index is -1.06. The molecule has 0 bridgehead atoms. The molecule has 7 nitrogen and oxygen atoms in total. The molecule has 0 aliphatic carbocycles. The number of carbonyl (C=O) groups is 2. The van der Waals surface area contributed by atoms with E-state index in [1.54, 1.807) is 30.3 Å². The Hall–Kier alpha value is -2.67. The first-order chi connectivity index (χ1) is 11.8. The number of nitrogens with one attached hydrogen (secondary N) is 1. The molecule has 0 radical (unpaired) electrons. The highest BCUT2D eigenvalue weighted by Gasteiger charge is 2.22. The molecular weight excluding hydrogens is 344 g/mol. The van der Waals surface area contributed by atoms with Gasteiger partial charge in [0.05, 0.1) is 12.5 Å². The lowest BCUT2D eigenvalue weighted by Gasteiger charge is -2.19. The second kappa shape index (κ2) is 7.94. The van der Waals surface area contributed by atoms with Gasteiger partial charge >= 0.3 is 5.97 Å². The summed E-state index contributed by atoms with van der Waals surface area (Å²) in [5.74, 6) is -1.54. The van der Waals surface area contributed by atoms with Crippen LogP contribution in [-0.2, 0) is 4.79 Å². The van der Waals surface area contributed by atoms with Gasteiger partial charge in [0, 0.05) is 10.7 Å². The van der Waals surface area contributed by atoms with Crippen molar-refractivity contribution in [3.8, 4) is 0 Å². The Bertz CT molecular complexity index is 795. The standard InChI is InChI=1S/C17H19ClN4O3/c1-9(2)12-7-14(22-17(19)21-12)16(25)20-13(8-15(23)24)10-5-3-4-6-11(10)18/h3-7,9,13H,8H2,1-2H3,(H,20,25)(H,23,24)(H2,19,21,22). The Morgan fingerprint density at radius 1 is 1.28 bits per heavy atom. The number of aromatic nitrogens is 2. The molecule has 1 unspecified atom stereocenters. The summed E-state index contributed by atoms with van der Waals surface area (Å²) >= 11 is 6.13. The van der Waals surface area contributed by atoms with Crippen LogP contribution in [0.3, 0.4) is 0 Å². The molecule has 25 heavy (non-hydrogen) atoms. The van der Waals surface area contributed by atoms with Gasteiger partial charge in [-0.05, 0) is 23.6 Å². The molecule has 0 aliphatic rings. The molecule has 2 rings (SSSR count). The van der Waals surface area contributed by atoms with Gasteiger partial charge in [0.15, 0.2) is 0 Å². The van der Waals surface area contributed by atoms with Crippen molar-refractivity contribution in [3.05, 3.63) is 52.3 Å². The van der Waals surface area contributed by atoms with E-state index in [9.17, 15) is 9.59 Å². The van der Waals surface area contributed by atoms with Gasteiger partial charge in [-0.3, -0.25) is 9.59 Å². The van der Waals surface area contributed by atoms with Crippen LogP contribution in [0.15, 0.2) is 30.3 Å². The van der Waals surface area contributed by atoms with Crippen molar-refractivity contribution < 1.29 is 14.7 Å². The van der Waals surface area contributed by atoms with E-state index >= 15 is 0 Å². The molecule has 1 heterocycles. The van der Waals surface area contributed by atoms with Crippen LogP contribution in [0.5, 0.6) is 0 Å². The van der Waals surface area contributed by atoms with Gasteiger partial charge in [0.25, 0.3) is 5.91 Å². The molecule has 0 spiro atoms. The minimum Gasteiger partial charge on any atom is -0.481 e. The maximum atomic E-state index is 12.6. The van der Waals surface area contributed by atoms with Gasteiger partial charge in [-0.2, -0.15) is 0 Å². The molecule has 1 aromatic carbocycles. The van der Waals surface area contributed by atoms with E-state index in [-0.39, 0.29) is 24.0 Å². The maximum absolute atomic E-state index is 12.6. The Labute approximate surface area is 150 Å². The van der Waals surface area contributed by atoms with Gasteiger partial charge in [-0.15, -0.1) is 0 Å². The molecular formula is C17H19ClN4O3. The number of hydrogen-bond acceptors (Lipinski definition) is 5. The van der Waals surface area contributed by atoms with Crippen LogP contribution in [0.4, 0.5) is 5.95 Å². The van der Waals surface area contributed by atoms with E-state index < -0.39 is 17.9 Å². The van der Waals surface area contributed by atoms with E-state index in [2.05, 4.69) is 15.3 Å². The number of anilines is 1. The molecule has 132 valence electrons. The molecule has 0 saturated heterocycles. The predicted molar refractivity (Wildman–Crippen MR) is 94.4 cm³/mol. The van der Waals surface area contributed by atoms with Crippen molar-refractivity contribution in [2.75, 3.05) is 5.73 Å². The third-order valence-corrected chi connectivity index (χ3v) is 3.90. The highest BCUT2D eigenvalue weighted by Crippen LogP contribution is 2.25. The molecule has 0 saturated carbocycles. The highest BCUT2D eigenvalue weighted by atomic mass is 35.5. The Morgan fingerprint density at radius 3 is 2.56 bits per heavy atom. The first kappa shape index (κ1) is 18.7. The number of carbonyl (C=O) groups excluding carboxylic acids is 1. The fraction of sp³-hybridized carbons (Fsp3) is 0.294. The summed E-state index contributed by atoms with van der Waals surface area (Å²) in [7, 11) is 0. The van der Waals surface area contributed by atoms with Crippen LogP contribution < -0.4 is 11.1 Å². The zero-order chi connectivity index (χ0) is 18.6. The number of halogens is 1. The number of nitrogens with two attached hydrogens (primary N) is 1. The van der Waals surface area contributed by atoms with Crippen LogP contribution in [0.1, 0.15) is 54.0 Å². The number of rotatable bonds is 6. The lowest BCUT2D eigenvalue weighted by atomic mass is 10.0. The van der Waals surface area contributed by atoms with E-state index in [0.29, 0.717) is 16.3 Å². The number of hydrogen-bond donors (Lipinski definition) is 3. The van der Waals surface area contributed by atoms with Crippen molar-refractivity contribution in [3.63, 3.8) is 0 Å². The second-order valence-corrected chi connectivity index (χ2v) is 6.24. The fourth-order valence-corrected chi connectivity index (χ4v) is 2.57. The number of nitrogens with zero attached hydrogens (tertiary/aromatic N) is 2. The first-order valence-electron chi connectivity index (χ1n) is 7.69. The monoisotopic (exact) mass is 362 g/mol. The van der Waals surface area contributed by atoms with Crippen molar-refractivity contribution in [1.82, 2.24) is 15.3 Å². The number of nitrogen functional groups attached to an aromatic ring is 1. The van der Waals surface area contributed by atoms with Crippen LogP contribution in [0.25, 0.3) is 0 Å². The molecule has 0 aliphatic heterocycles. The zero-order valence-corrected chi connectivity index (χ0v) is 14.6. The van der Waals surface area contributed by atoms with Gasteiger partial charge in [0.1, 0.15) is 5.69 Å². The number of benzene rings is 1. The van der Waals surface area contributed by atoms with E-state index in [0.717, 1.165) is 0 Å². The lowest BCUT2D eigenvalue weighted by molar-refractivity contribution is -0.137. The van der Waals surface area contributed by atoms with Gasteiger partial charge in [-0.25, -0.2) is 9.97 Å². The topological polar surface area (TPSA) is 118 Å². The summed E-state index contributed by atoms with van der Waals surface area (Å²) in [6.07, 6.45) is -0.312. The largest absolute Gasteiger partial charge is 0.481 e. The predicted octanol–water partition coefficient (Wildman–Crippen LogP) is 2.78. The SMILES string of the molecule is CC(C)c1cc(C(=O)NC(CC(=O)O)c2ccccc2Cl)nc(N)n1. The van der Waals surface area contributed by atoms with E-state index in [4.69, 9.17) is 22.4 Å². The summed E-state index contributed by atoms with van der Waals surface area (Å²) < 4.78 is 0. The second-order valence-electron chi connectivity index (χ2n) is 5.84. The van der Waals surface area contributed by atoms with E-state index in [1.165, 1.54) is 0 Å². The summed E-state index contributed by atoms with van der Waals surface area (Å²) in [5.41, 5.74) is 6.90. The number of carboxylic acids is 1. The average Bonchev–Trinajstić information content (AvgIpc) is 2.53. The van der Waals surface area contributed by atoms with Crippen LogP contribution in [0, 0.1) is 0 Å². The van der Waals surface area contributed by atoms with Crippen LogP contribution in [-0.4, -0.2) is 27.0 Å². The number of aliphatic carboxylic acids is 1. The third kappa shape index (κ3) is 4.90. The van der Waals surface area contributed by atoms with Crippen molar-refractivity contribution in [2.45, 2.75) is 32.2 Å². The molecule has 1 atom stereocenters. The van der Waals surface area contributed by atoms with Crippen LogP contribution >= 0.6 is 11.6 Å². The Kier molecular flexibility index (Phi) is 5.93. The normalized spacial score (nSPS) is 12.0. The average molecular weight is 363 g/mol. The number of carboxylic acid groups (broad SMARTS) is 1. The summed E-state index contributed by atoms with van der Waals surface area (Å²) in [4.78, 5) is 31.8. The summed E-state index contributed by atoms with van der Waals surface area (Å²) in [5, 5.41) is 12.2. The highest BCUT2D eigenvalue weighted by molar-refractivity contribution is 6.31.